The molecule has 0 aliphatic rings. The van der Waals surface area contributed by atoms with Crippen LogP contribution >= 0.6 is 24.0 Å². The van der Waals surface area contributed by atoms with Crippen molar-refractivity contribution in [2.24, 2.45) is 0 Å². The van der Waals surface area contributed by atoms with E-state index in [1.54, 1.807) is 31.3 Å². The number of amides is 1. The highest BCUT2D eigenvalue weighted by molar-refractivity contribution is 6.30. The Bertz CT molecular complexity index is 438. The molecule has 0 spiro atoms. The van der Waals surface area contributed by atoms with Crippen molar-refractivity contribution >= 4 is 35.9 Å². The van der Waals surface area contributed by atoms with Crippen molar-refractivity contribution in [1.82, 2.24) is 10.6 Å². The number of halogens is 2. The molecule has 0 saturated heterocycles. The molecule has 0 bridgehead atoms. The van der Waals surface area contributed by atoms with Gasteiger partial charge in [0.05, 0.1) is 7.11 Å². The Morgan fingerprint density at radius 1 is 1.30 bits per heavy atom. The van der Waals surface area contributed by atoms with Gasteiger partial charge in [-0.2, -0.15) is 0 Å². The lowest BCUT2D eigenvalue weighted by Gasteiger charge is -2.17. The monoisotopic (exact) mass is 320 g/mol. The van der Waals surface area contributed by atoms with Crippen LogP contribution in [0.1, 0.15) is 18.0 Å². The number of ether oxygens (including phenoxy) is 1. The number of rotatable bonds is 6. The Hall–Kier alpha value is -1.30. The molecule has 0 aromatic heterocycles. The van der Waals surface area contributed by atoms with Crippen molar-refractivity contribution in [3.63, 3.8) is 0 Å². The third kappa shape index (κ3) is 5.77. The summed E-state index contributed by atoms with van der Waals surface area (Å²) >= 11 is 5.79. The Morgan fingerprint density at radius 2 is 1.90 bits per heavy atom. The van der Waals surface area contributed by atoms with E-state index in [9.17, 15) is 9.59 Å². The molecule has 0 aliphatic heterocycles. The van der Waals surface area contributed by atoms with E-state index in [1.165, 1.54) is 7.11 Å². The van der Waals surface area contributed by atoms with Crippen LogP contribution in [0.5, 0.6) is 0 Å². The maximum atomic E-state index is 11.7. The predicted molar refractivity (Wildman–Crippen MR) is 80.1 cm³/mol. The van der Waals surface area contributed by atoms with Crippen LogP contribution < -0.4 is 10.6 Å². The molecule has 1 unspecified atom stereocenters. The maximum Gasteiger partial charge on any atom is 0.333 e. The van der Waals surface area contributed by atoms with E-state index >= 15 is 0 Å². The highest BCUT2D eigenvalue weighted by Gasteiger charge is 2.23. The van der Waals surface area contributed by atoms with Crippen molar-refractivity contribution in [3.8, 4) is 0 Å². The van der Waals surface area contributed by atoms with Crippen LogP contribution in [-0.4, -0.2) is 32.6 Å². The van der Waals surface area contributed by atoms with Crippen LogP contribution in [0, 0.1) is 0 Å². The third-order valence-corrected chi connectivity index (χ3v) is 2.80. The normalized spacial score (nSPS) is 11.2. The SMILES string of the molecule is CNCCC(=O)NC(C(=O)OC)c1ccc(Cl)cc1.Cl. The van der Waals surface area contributed by atoms with Crippen LogP contribution in [0.2, 0.25) is 5.02 Å². The average molecular weight is 321 g/mol. The summed E-state index contributed by atoms with van der Waals surface area (Å²) in [5, 5.41) is 6.07. The van der Waals surface area contributed by atoms with Crippen molar-refractivity contribution in [1.29, 1.82) is 0 Å². The zero-order valence-electron chi connectivity index (χ0n) is 11.3. The molecule has 112 valence electrons. The predicted octanol–water partition coefficient (Wildman–Crippen LogP) is 1.70. The minimum Gasteiger partial charge on any atom is -0.467 e. The summed E-state index contributed by atoms with van der Waals surface area (Å²) in [5.41, 5.74) is 0.633. The van der Waals surface area contributed by atoms with Gasteiger partial charge in [-0.15, -0.1) is 12.4 Å². The van der Waals surface area contributed by atoms with E-state index in [0.29, 0.717) is 17.1 Å². The molecule has 1 aromatic rings. The van der Waals surface area contributed by atoms with Gasteiger partial charge in [0, 0.05) is 18.0 Å². The fraction of sp³-hybridized carbons (Fsp3) is 0.385. The van der Waals surface area contributed by atoms with E-state index < -0.39 is 12.0 Å². The Morgan fingerprint density at radius 3 is 2.40 bits per heavy atom. The van der Waals surface area contributed by atoms with Gasteiger partial charge in [-0.3, -0.25) is 4.79 Å². The van der Waals surface area contributed by atoms with Crippen LogP contribution in [0.4, 0.5) is 0 Å². The first kappa shape index (κ1) is 18.7. The molecule has 1 aromatic carbocycles. The molecule has 0 heterocycles. The number of hydrogen-bond donors (Lipinski definition) is 2. The second-order valence-corrected chi connectivity index (χ2v) is 4.37. The molecule has 0 fully saturated rings. The van der Waals surface area contributed by atoms with Crippen molar-refractivity contribution < 1.29 is 14.3 Å². The number of nitrogens with one attached hydrogen (secondary N) is 2. The van der Waals surface area contributed by atoms with Crippen LogP contribution in [0.15, 0.2) is 24.3 Å². The summed E-state index contributed by atoms with van der Waals surface area (Å²) in [5.74, 6) is -0.736. The number of benzene rings is 1. The van der Waals surface area contributed by atoms with Crippen molar-refractivity contribution in [3.05, 3.63) is 34.9 Å². The van der Waals surface area contributed by atoms with E-state index in [2.05, 4.69) is 10.6 Å². The zero-order chi connectivity index (χ0) is 14.3. The van der Waals surface area contributed by atoms with Crippen molar-refractivity contribution in [2.75, 3.05) is 20.7 Å². The average Bonchev–Trinajstić information content (AvgIpc) is 2.42. The molecule has 7 heteroatoms. The number of hydrogen-bond acceptors (Lipinski definition) is 4. The van der Waals surface area contributed by atoms with Crippen LogP contribution in [0.3, 0.4) is 0 Å². The molecule has 5 nitrogen and oxygen atoms in total. The first-order valence-corrected chi connectivity index (χ1v) is 6.23. The second-order valence-electron chi connectivity index (χ2n) is 3.93. The van der Waals surface area contributed by atoms with Crippen LogP contribution in [-0.2, 0) is 14.3 Å². The first-order valence-electron chi connectivity index (χ1n) is 5.85. The summed E-state index contributed by atoms with van der Waals surface area (Å²) in [7, 11) is 3.04. The van der Waals surface area contributed by atoms with Gasteiger partial charge in [-0.05, 0) is 24.7 Å². The first-order chi connectivity index (χ1) is 9.08. The van der Waals surface area contributed by atoms with Gasteiger partial charge in [-0.1, -0.05) is 23.7 Å². The van der Waals surface area contributed by atoms with Gasteiger partial charge in [0.1, 0.15) is 0 Å². The Balaban J connectivity index is 0.00000361. The Labute approximate surface area is 129 Å². The highest BCUT2D eigenvalue weighted by atomic mass is 35.5. The number of methoxy groups -OCH3 is 1. The molecule has 1 rings (SSSR count). The van der Waals surface area contributed by atoms with Gasteiger partial charge in [0.25, 0.3) is 0 Å². The molecular weight excluding hydrogens is 303 g/mol. The standard InChI is InChI=1S/C13H17ClN2O3.ClH/c1-15-8-7-11(17)16-12(13(18)19-2)9-3-5-10(14)6-4-9;/h3-6,12,15H,7-8H2,1-2H3,(H,16,17);1H. The summed E-state index contributed by atoms with van der Waals surface area (Å²) in [6.45, 7) is 0.542. The Kier molecular flexibility index (Phi) is 8.96. The zero-order valence-corrected chi connectivity index (χ0v) is 12.9. The van der Waals surface area contributed by atoms with E-state index in [0.717, 1.165) is 0 Å². The topological polar surface area (TPSA) is 67.4 Å². The highest BCUT2D eigenvalue weighted by Crippen LogP contribution is 2.17. The lowest BCUT2D eigenvalue weighted by Crippen LogP contribution is -2.35. The van der Waals surface area contributed by atoms with Gasteiger partial charge in [0.15, 0.2) is 6.04 Å². The van der Waals surface area contributed by atoms with Gasteiger partial charge in [-0.25, -0.2) is 4.79 Å². The molecule has 1 amide bonds. The molecule has 0 radical (unpaired) electrons. The quantitative estimate of drug-likeness (QED) is 0.783. The largest absolute Gasteiger partial charge is 0.467 e. The minimum absolute atomic E-state index is 0. The molecular formula is C13H18Cl2N2O3. The molecule has 20 heavy (non-hydrogen) atoms. The van der Waals surface area contributed by atoms with E-state index in [-0.39, 0.29) is 24.7 Å². The smallest absolute Gasteiger partial charge is 0.333 e. The van der Waals surface area contributed by atoms with Gasteiger partial charge in [0.2, 0.25) is 5.91 Å². The lowest BCUT2D eigenvalue weighted by atomic mass is 10.1. The van der Waals surface area contributed by atoms with E-state index in [4.69, 9.17) is 16.3 Å². The molecule has 2 N–H and O–H groups in total. The summed E-state index contributed by atoms with van der Waals surface area (Å²) in [6, 6.07) is 5.87. The molecule has 1 atom stereocenters. The summed E-state index contributed by atoms with van der Waals surface area (Å²) in [4.78, 5) is 23.4. The third-order valence-electron chi connectivity index (χ3n) is 2.55. The summed E-state index contributed by atoms with van der Waals surface area (Å²) in [6.07, 6.45) is 0.289. The number of carbonyl (C=O) groups excluding carboxylic acids is 2. The van der Waals surface area contributed by atoms with Gasteiger partial charge < -0.3 is 15.4 Å². The van der Waals surface area contributed by atoms with Crippen molar-refractivity contribution in [2.45, 2.75) is 12.5 Å². The lowest BCUT2D eigenvalue weighted by molar-refractivity contribution is -0.145. The van der Waals surface area contributed by atoms with Gasteiger partial charge >= 0.3 is 5.97 Å². The number of esters is 1. The second kappa shape index (κ2) is 9.58. The van der Waals surface area contributed by atoms with Crippen LogP contribution in [0.25, 0.3) is 0 Å². The maximum absolute atomic E-state index is 11.7. The molecule has 0 saturated carbocycles. The fourth-order valence-electron chi connectivity index (χ4n) is 1.52. The number of carbonyl (C=O) groups is 2. The summed E-state index contributed by atoms with van der Waals surface area (Å²) < 4.78 is 4.70. The van der Waals surface area contributed by atoms with E-state index in [1.807, 2.05) is 0 Å². The fourth-order valence-corrected chi connectivity index (χ4v) is 1.65. The molecule has 0 aliphatic carbocycles. The minimum atomic E-state index is -0.813.